The molecule has 2 heterocycles. The summed E-state index contributed by atoms with van der Waals surface area (Å²) in [7, 11) is 0. The van der Waals surface area contributed by atoms with Gasteiger partial charge in [0.05, 0.1) is 6.54 Å². The third-order valence-corrected chi connectivity index (χ3v) is 5.30. The van der Waals surface area contributed by atoms with Gasteiger partial charge in [-0.15, -0.1) is 0 Å². The van der Waals surface area contributed by atoms with Crippen LogP contribution >= 0.6 is 0 Å². The second kappa shape index (κ2) is 9.04. The van der Waals surface area contributed by atoms with Crippen molar-refractivity contribution in [2.24, 2.45) is 5.92 Å². The topological polar surface area (TPSA) is 73.3 Å². The normalized spacial score (nSPS) is 23.8. The first-order valence-corrected chi connectivity index (χ1v) is 9.80. The van der Waals surface area contributed by atoms with E-state index in [1.165, 1.54) is 0 Å². The predicted octanol–water partition coefficient (Wildman–Crippen LogP) is 2.11. The number of hydrogen-bond donors (Lipinski definition) is 1. The van der Waals surface area contributed by atoms with Gasteiger partial charge in [-0.05, 0) is 59.4 Å². The smallest absolute Gasteiger partial charge is 0.410 e. The number of carboxylic acid groups (broad SMARTS) is 1. The summed E-state index contributed by atoms with van der Waals surface area (Å²) in [4.78, 5) is 29.3. The first-order valence-electron chi connectivity index (χ1n) is 9.80. The maximum Gasteiger partial charge on any atom is 0.410 e. The van der Waals surface area contributed by atoms with Crippen LogP contribution in [0, 0.1) is 5.92 Å². The number of carboxylic acids is 1. The molecule has 26 heavy (non-hydrogen) atoms. The van der Waals surface area contributed by atoms with E-state index in [1.807, 2.05) is 30.6 Å². The van der Waals surface area contributed by atoms with Crippen molar-refractivity contribution in [2.45, 2.75) is 58.6 Å². The summed E-state index contributed by atoms with van der Waals surface area (Å²) in [5, 5.41) is 8.92. The van der Waals surface area contributed by atoms with Gasteiger partial charge in [0.25, 0.3) is 0 Å². The molecule has 2 rings (SSSR count). The quantitative estimate of drug-likeness (QED) is 0.800. The van der Waals surface area contributed by atoms with Crippen LogP contribution in [-0.4, -0.2) is 89.3 Å². The SMILES string of the molecule is C[C@H]1CN(CC(=O)O)CCN1CCC1CCN(C(=O)OC(C)(C)C)CC1. The lowest BCUT2D eigenvalue weighted by Gasteiger charge is -2.40. The first-order chi connectivity index (χ1) is 12.1. The minimum atomic E-state index is -0.748. The highest BCUT2D eigenvalue weighted by Gasteiger charge is 2.28. The van der Waals surface area contributed by atoms with Crippen molar-refractivity contribution in [3.05, 3.63) is 0 Å². The highest BCUT2D eigenvalue weighted by molar-refractivity contribution is 5.69. The molecule has 1 atom stereocenters. The van der Waals surface area contributed by atoms with Crippen LogP contribution in [0.15, 0.2) is 0 Å². The van der Waals surface area contributed by atoms with Crippen molar-refractivity contribution in [3.63, 3.8) is 0 Å². The Morgan fingerprint density at radius 1 is 1.12 bits per heavy atom. The van der Waals surface area contributed by atoms with Crippen LogP contribution in [0.25, 0.3) is 0 Å². The van der Waals surface area contributed by atoms with Crippen LogP contribution in [0.2, 0.25) is 0 Å². The summed E-state index contributed by atoms with van der Waals surface area (Å²) in [5.74, 6) is -0.0969. The number of piperazine rings is 1. The number of piperidine rings is 1. The molecule has 0 saturated carbocycles. The van der Waals surface area contributed by atoms with Gasteiger partial charge in [0, 0.05) is 38.8 Å². The average molecular weight is 370 g/mol. The van der Waals surface area contributed by atoms with Gasteiger partial charge < -0.3 is 14.7 Å². The minimum absolute atomic E-state index is 0.140. The average Bonchev–Trinajstić information content (AvgIpc) is 2.52. The van der Waals surface area contributed by atoms with Crippen LogP contribution < -0.4 is 0 Å². The van der Waals surface area contributed by atoms with Crippen LogP contribution in [0.5, 0.6) is 0 Å². The minimum Gasteiger partial charge on any atom is -0.480 e. The molecule has 1 N–H and O–H groups in total. The van der Waals surface area contributed by atoms with Crippen LogP contribution in [0.3, 0.4) is 0 Å². The Bertz CT molecular complexity index is 484. The van der Waals surface area contributed by atoms with E-state index in [4.69, 9.17) is 9.84 Å². The maximum absolute atomic E-state index is 12.1. The summed E-state index contributed by atoms with van der Waals surface area (Å²) in [6.45, 7) is 13.2. The molecule has 2 aliphatic rings. The zero-order valence-corrected chi connectivity index (χ0v) is 16.7. The van der Waals surface area contributed by atoms with Crippen LogP contribution in [0.4, 0.5) is 4.79 Å². The van der Waals surface area contributed by atoms with Gasteiger partial charge in [0.1, 0.15) is 5.60 Å². The predicted molar refractivity (Wildman–Crippen MR) is 100 cm³/mol. The van der Waals surface area contributed by atoms with E-state index in [9.17, 15) is 9.59 Å². The van der Waals surface area contributed by atoms with Crippen molar-refractivity contribution in [2.75, 3.05) is 45.8 Å². The van der Waals surface area contributed by atoms with E-state index in [0.717, 1.165) is 58.5 Å². The number of aliphatic carboxylic acids is 1. The molecule has 7 nitrogen and oxygen atoms in total. The molecule has 0 unspecified atom stereocenters. The Kier molecular flexibility index (Phi) is 7.29. The van der Waals surface area contributed by atoms with Crippen molar-refractivity contribution >= 4 is 12.1 Å². The molecule has 0 aromatic rings. The zero-order chi connectivity index (χ0) is 19.3. The number of rotatable bonds is 5. The molecule has 0 bridgehead atoms. The fraction of sp³-hybridized carbons (Fsp3) is 0.895. The molecule has 2 fully saturated rings. The Hall–Kier alpha value is -1.34. The lowest BCUT2D eigenvalue weighted by atomic mass is 9.93. The molecule has 2 aliphatic heterocycles. The molecule has 0 spiro atoms. The zero-order valence-electron chi connectivity index (χ0n) is 16.7. The number of carbonyl (C=O) groups excluding carboxylic acids is 1. The third kappa shape index (κ3) is 6.76. The molecule has 0 aromatic carbocycles. The van der Waals surface area contributed by atoms with Crippen LogP contribution in [-0.2, 0) is 9.53 Å². The van der Waals surface area contributed by atoms with E-state index in [1.54, 1.807) is 0 Å². The van der Waals surface area contributed by atoms with E-state index in [2.05, 4.69) is 11.8 Å². The monoisotopic (exact) mass is 369 g/mol. The van der Waals surface area contributed by atoms with E-state index in [-0.39, 0.29) is 12.6 Å². The van der Waals surface area contributed by atoms with Crippen molar-refractivity contribution in [3.8, 4) is 0 Å². The highest BCUT2D eigenvalue weighted by Crippen LogP contribution is 2.23. The Morgan fingerprint density at radius 2 is 1.77 bits per heavy atom. The molecular weight excluding hydrogens is 334 g/mol. The lowest BCUT2D eigenvalue weighted by Crippen LogP contribution is -2.53. The molecule has 7 heteroatoms. The molecule has 2 saturated heterocycles. The number of hydrogen-bond acceptors (Lipinski definition) is 5. The summed E-state index contributed by atoms with van der Waals surface area (Å²) in [6, 6.07) is 0.393. The number of nitrogens with zero attached hydrogens (tertiary/aromatic N) is 3. The van der Waals surface area contributed by atoms with Gasteiger partial charge >= 0.3 is 12.1 Å². The largest absolute Gasteiger partial charge is 0.480 e. The second-order valence-corrected chi connectivity index (χ2v) is 8.71. The molecule has 150 valence electrons. The summed E-state index contributed by atoms with van der Waals surface area (Å²) in [5.41, 5.74) is -0.438. The van der Waals surface area contributed by atoms with E-state index < -0.39 is 11.6 Å². The van der Waals surface area contributed by atoms with Gasteiger partial charge in [0.2, 0.25) is 0 Å². The van der Waals surface area contributed by atoms with Gasteiger partial charge in [-0.2, -0.15) is 0 Å². The van der Waals surface area contributed by atoms with Crippen LogP contribution in [0.1, 0.15) is 47.0 Å². The van der Waals surface area contributed by atoms with Crippen molar-refractivity contribution in [1.82, 2.24) is 14.7 Å². The Labute approximate surface area is 157 Å². The van der Waals surface area contributed by atoms with Crippen molar-refractivity contribution in [1.29, 1.82) is 0 Å². The Morgan fingerprint density at radius 3 is 2.31 bits per heavy atom. The fourth-order valence-electron chi connectivity index (χ4n) is 3.82. The number of likely N-dealkylation sites (tertiary alicyclic amines) is 1. The highest BCUT2D eigenvalue weighted by atomic mass is 16.6. The van der Waals surface area contributed by atoms with Gasteiger partial charge in [0.15, 0.2) is 0 Å². The van der Waals surface area contributed by atoms with Gasteiger partial charge in [-0.25, -0.2) is 4.79 Å². The van der Waals surface area contributed by atoms with E-state index in [0.29, 0.717) is 12.0 Å². The van der Waals surface area contributed by atoms with Gasteiger partial charge in [-0.3, -0.25) is 14.6 Å². The fourth-order valence-corrected chi connectivity index (χ4v) is 3.82. The Balaban J connectivity index is 1.67. The second-order valence-electron chi connectivity index (χ2n) is 8.71. The lowest BCUT2D eigenvalue weighted by molar-refractivity contribution is -0.139. The summed E-state index contributed by atoms with van der Waals surface area (Å²) in [6.07, 6.45) is 3.02. The standard InChI is InChI=1S/C19H35N3O4/c1-15-13-20(14-17(23)24)11-12-21(15)8-5-16-6-9-22(10-7-16)18(25)26-19(2,3)4/h15-16H,5-14H2,1-4H3,(H,23,24)/t15-/m0/s1. The summed E-state index contributed by atoms with van der Waals surface area (Å²) < 4.78 is 5.45. The molecule has 0 radical (unpaired) electrons. The summed E-state index contributed by atoms with van der Waals surface area (Å²) >= 11 is 0. The number of carbonyl (C=O) groups is 2. The maximum atomic E-state index is 12.1. The molecule has 1 amide bonds. The molecule has 0 aliphatic carbocycles. The number of amides is 1. The molecule has 0 aromatic heterocycles. The first kappa shape index (κ1) is 21.0. The molecular formula is C19H35N3O4. The number of ether oxygens (including phenoxy) is 1. The van der Waals surface area contributed by atoms with Gasteiger partial charge in [-0.1, -0.05) is 0 Å². The van der Waals surface area contributed by atoms with Crippen molar-refractivity contribution < 1.29 is 19.4 Å². The third-order valence-electron chi connectivity index (χ3n) is 5.30. The van der Waals surface area contributed by atoms with E-state index >= 15 is 0 Å².